The molecule has 1 aliphatic heterocycles. The van der Waals surface area contributed by atoms with E-state index in [1.165, 1.54) is 12.8 Å². The highest BCUT2D eigenvalue weighted by Gasteiger charge is 2.31. The minimum absolute atomic E-state index is 0.000385. The number of rotatable bonds is 5. The van der Waals surface area contributed by atoms with Crippen LogP contribution in [0.5, 0.6) is 0 Å². The Kier molecular flexibility index (Phi) is 3.73. The highest BCUT2D eigenvalue weighted by molar-refractivity contribution is 6.06. The Morgan fingerprint density at radius 1 is 1.16 bits per heavy atom. The molecule has 6 heteroatoms. The van der Waals surface area contributed by atoms with E-state index in [-0.39, 0.29) is 5.91 Å². The second-order valence-corrected chi connectivity index (χ2v) is 7.79. The standard InChI is InChI=1S/C19H24N4O2/c24-18(21-10-11-1-2-11)14-9-15(12-3-4-12)22-19-16(14)17(23-25-19)13-5-7-20-8-6-13/h9,11-13,20H,1-8,10H2,(H,21,24). The van der Waals surface area contributed by atoms with Crippen LogP contribution in [0.2, 0.25) is 0 Å². The number of hydrogen-bond donors (Lipinski definition) is 2. The van der Waals surface area contributed by atoms with Gasteiger partial charge in [-0.3, -0.25) is 4.79 Å². The summed E-state index contributed by atoms with van der Waals surface area (Å²) in [5.41, 5.74) is 3.15. The zero-order chi connectivity index (χ0) is 16.8. The Hall–Kier alpha value is -1.95. The molecule has 2 N–H and O–H groups in total. The third-order valence-electron chi connectivity index (χ3n) is 5.71. The molecule has 6 nitrogen and oxygen atoms in total. The summed E-state index contributed by atoms with van der Waals surface area (Å²) in [5.74, 6) is 1.48. The summed E-state index contributed by atoms with van der Waals surface area (Å²) in [6, 6.07) is 1.99. The Morgan fingerprint density at radius 2 is 1.96 bits per heavy atom. The molecule has 2 aromatic heterocycles. The molecule has 1 amide bonds. The topological polar surface area (TPSA) is 80.1 Å². The molecule has 25 heavy (non-hydrogen) atoms. The summed E-state index contributed by atoms with van der Waals surface area (Å²) >= 11 is 0. The van der Waals surface area contributed by atoms with Gasteiger partial charge in [-0.2, -0.15) is 0 Å². The van der Waals surface area contributed by atoms with Gasteiger partial charge in [0.2, 0.25) is 0 Å². The maximum atomic E-state index is 12.9. The highest BCUT2D eigenvalue weighted by Crippen LogP contribution is 2.41. The lowest BCUT2D eigenvalue weighted by Crippen LogP contribution is -2.28. The van der Waals surface area contributed by atoms with E-state index in [0.717, 1.165) is 62.1 Å². The van der Waals surface area contributed by atoms with Crippen molar-refractivity contribution >= 4 is 17.0 Å². The van der Waals surface area contributed by atoms with E-state index in [9.17, 15) is 4.79 Å². The molecular formula is C19H24N4O2. The molecule has 0 spiro atoms. The van der Waals surface area contributed by atoms with E-state index >= 15 is 0 Å². The lowest BCUT2D eigenvalue weighted by atomic mass is 9.91. The molecule has 3 fully saturated rings. The van der Waals surface area contributed by atoms with Gasteiger partial charge in [-0.05, 0) is 63.6 Å². The lowest BCUT2D eigenvalue weighted by molar-refractivity contribution is 0.0953. The molecule has 3 heterocycles. The number of nitrogens with one attached hydrogen (secondary N) is 2. The first-order valence-corrected chi connectivity index (χ1v) is 9.58. The van der Waals surface area contributed by atoms with E-state index in [1.54, 1.807) is 0 Å². The lowest BCUT2D eigenvalue weighted by Gasteiger charge is -2.21. The summed E-state index contributed by atoms with van der Waals surface area (Å²) in [6.45, 7) is 2.74. The minimum atomic E-state index is -0.000385. The number of piperidine rings is 1. The predicted molar refractivity (Wildman–Crippen MR) is 93.7 cm³/mol. The smallest absolute Gasteiger partial charge is 0.259 e. The fourth-order valence-electron chi connectivity index (χ4n) is 3.79. The molecule has 132 valence electrons. The summed E-state index contributed by atoms with van der Waals surface area (Å²) in [7, 11) is 0. The molecule has 2 aromatic rings. The zero-order valence-electron chi connectivity index (χ0n) is 14.4. The molecule has 0 radical (unpaired) electrons. The molecule has 3 aliphatic rings. The molecule has 2 saturated carbocycles. The second-order valence-electron chi connectivity index (χ2n) is 7.79. The number of amides is 1. The van der Waals surface area contributed by atoms with Crippen molar-refractivity contribution in [3.05, 3.63) is 23.0 Å². The average Bonchev–Trinajstić information content (AvgIpc) is 3.57. The Balaban J connectivity index is 1.55. The van der Waals surface area contributed by atoms with Crippen LogP contribution in [-0.2, 0) is 0 Å². The number of nitrogens with zero attached hydrogens (tertiary/aromatic N) is 2. The van der Waals surface area contributed by atoms with Crippen LogP contribution >= 0.6 is 0 Å². The molecule has 0 unspecified atom stereocenters. The molecule has 0 aromatic carbocycles. The van der Waals surface area contributed by atoms with Crippen molar-refractivity contribution in [2.24, 2.45) is 5.92 Å². The summed E-state index contributed by atoms with van der Waals surface area (Å²) in [4.78, 5) is 17.6. The van der Waals surface area contributed by atoms with Gasteiger partial charge in [-0.15, -0.1) is 0 Å². The first kappa shape index (κ1) is 15.3. The SMILES string of the molecule is O=C(NCC1CC1)c1cc(C2CC2)nc2onc(C3CCNCC3)c12. The Bertz CT molecular complexity index is 801. The number of fused-ring (bicyclic) bond motifs is 1. The summed E-state index contributed by atoms with van der Waals surface area (Å²) < 4.78 is 5.59. The van der Waals surface area contributed by atoms with Crippen LogP contribution < -0.4 is 10.6 Å². The van der Waals surface area contributed by atoms with Gasteiger partial charge in [0.15, 0.2) is 0 Å². The van der Waals surface area contributed by atoms with E-state index in [0.29, 0.717) is 29.0 Å². The van der Waals surface area contributed by atoms with Crippen LogP contribution in [0.4, 0.5) is 0 Å². The van der Waals surface area contributed by atoms with Crippen molar-refractivity contribution in [3.63, 3.8) is 0 Å². The van der Waals surface area contributed by atoms with Gasteiger partial charge in [0, 0.05) is 24.1 Å². The summed E-state index contributed by atoms with van der Waals surface area (Å²) in [6.07, 6.45) is 6.80. The second kappa shape index (κ2) is 6.09. The number of aromatic nitrogens is 2. The van der Waals surface area contributed by atoms with Gasteiger partial charge in [0.25, 0.3) is 11.6 Å². The van der Waals surface area contributed by atoms with Crippen LogP contribution in [0.25, 0.3) is 11.1 Å². The van der Waals surface area contributed by atoms with Crippen molar-refractivity contribution < 1.29 is 9.32 Å². The number of pyridine rings is 1. The Morgan fingerprint density at radius 3 is 2.68 bits per heavy atom. The van der Waals surface area contributed by atoms with E-state index < -0.39 is 0 Å². The zero-order valence-corrected chi connectivity index (χ0v) is 14.4. The molecule has 5 rings (SSSR count). The van der Waals surface area contributed by atoms with Gasteiger partial charge in [-0.1, -0.05) is 5.16 Å². The highest BCUT2D eigenvalue weighted by atomic mass is 16.5. The molecule has 0 bridgehead atoms. The normalized spacial score (nSPS) is 21.6. The fourth-order valence-corrected chi connectivity index (χ4v) is 3.79. The molecular weight excluding hydrogens is 316 g/mol. The van der Waals surface area contributed by atoms with Crippen molar-refractivity contribution in [3.8, 4) is 0 Å². The van der Waals surface area contributed by atoms with Crippen LogP contribution in [0, 0.1) is 5.92 Å². The monoisotopic (exact) mass is 340 g/mol. The molecule has 1 saturated heterocycles. The summed E-state index contributed by atoms with van der Waals surface area (Å²) in [5, 5.41) is 11.7. The van der Waals surface area contributed by atoms with Crippen molar-refractivity contribution in [2.45, 2.75) is 50.4 Å². The van der Waals surface area contributed by atoms with Crippen LogP contribution in [-0.4, -0.2) is 35.7 Å². The van der Waals surface area contributed by atoms with Gasteiger partial charge < -0.3 is 15.2 Å². The van der Waals surface area contributed by atoms with Crippen molar-refractivity contribution in [2.75, 3.05) is 19.6 Å². The first-order chi connectivity index (χ1) is 12.3. The third kappa shape index (κ3) is 3.03. The molecule has 0 atom stereocenters. The van der Waals surface area contributed by atoms with Gasteiger partial charge in [0.05, 0.1) is 16.6 Å². The van der Waals surface area contributed by atoms with Gasteiger partial charge in [-0.25, -0.2) is 4.98 Å². The van der Waals surface area contributed by atoms with Crippen molar-refractivity contribution in [1.82, 2.24) is 20.8 Å². The van der Waals surface area contributed by atoms with Crippen molar-refractivity contribution in [1.29, 1.82) is 0 Å². The quantitative estimate of drug-likeness (QED) is 0.875. The first-order valence-electron chi connectivity index (χ1n) is 9.58. The maximum Gasteiger partial charge on any atom is 0.259 e. The number of hydrogen-bond acceptors (Lipinski definition) is 5. The Labute approximate surface area is 146 Å². The van der Waals surface area contributed by atoms with E-state index in [2.05, 4.69) is 20.8 Å². The maximum absolute atomic E-state index is 12.9. The van der Waals surface area contributed by atoms with Crippen LogP contribution in [0.15, 0.2) is 10.6 Å². The number of carbonyl (C=O) groups is 1. The predicted octanol–water partition coefficient (Wildman–Crippen LogP) is 2.71. The largest absolute Gasteiger partial charge is 0.352 e. The fraction of sp³-hybridized carbons (Fsp3) is 0.632. The third-order valence-corrected chi connectivity index (χ3v) is 5.71. The van der Waals surface area contributed by atoms with E-state index in [1.807, 2.05) is 6.07 Å². The van der Waals surface area contributed by atoms with Gasteiger partial charge >= 0.3 is 0 Å². The van der Waals surface area contributed by atoms with Gasteiger partial charge in [0.1, 0.15) is 0 Å². The number of carbonyl (C=O) groups excluding carboxylic acids is 1. The minimum Gasteiger partial charge on any atom is -0.352 e. The molecule has 2 aliphatic carbocycles. The van der Waals surface area contributed by atoms with Crippen LogP contribution in [0.1, 0.15) is 72.1 Å². The average molecular weight is 340 g/mol. The van der Waals surface area contributed by atoms with Crippen LogP contribution in [0.3, 0.4) is 0 Å². The van der Waals surface area contributed by atoms with E-state index in [4.69, 9.17) is 4.52 Å².